The van der Waals surface area contributed by atoms with Crippen molar-refractivity contribution < 1.29 is 28.6 Å². The van der Waals surface area contributed by atoms with Crippen LogP contribution in [0.4, 0.5) is 26.4 Å². The number of nitrogens with zero attached hydrogens (tertiary/aromatic N) is 7. The second-order valence-corrected chi connectivity index (χ2v) is 18.4. The van der Waals surface area contributed by atoms with E-state index in [-0.39, 0.29) is 36.1 Å². The van der Waals surface area contributed by atoms with Gasteiger partial charge < -0.3 is 34.8 Å². The highest BCUT2D eigenvalue weighted by molar-refractivity contribution is 6.06. The number of phenols is 1. The van der Waals surface area contributed by atoms with Gasteiger partial charge in [0.2, 0.25) is 5.91 Å². The number of ether oxygens (including phenoxy) is 1. The van der Waals surface area contributed by atoms with E-state index >= 15 is 4.39 Å². The van der Waals surface area contributed by atoms with Gasteiger partial charge in [0.15, 0.2) is 5.82 Å². The molecule has 5 fully saturated rings. The molecule has 1 atom stereocenters. The zero-order chi connectivity index (χ0) is 44.1. The number of anilines is 3. The molecule has 4 N–H and O–H groups in total. The normalized spacial score (nSPS) is 21.3. The number of nitrogens with one attached hydrogen (secondary N) is 1. The summed E-state index contributed by atoms with van der Waals surface area (Å²) in [6, 6.07) is 20.9. The molecule has 15 heteroatoms. The van der Waals surface area contributed by atoms with E-state index in [0.29, 0.717) is 93.3 Å². The molecule has 4 amide bonds. The van der Waals surface area contributed by atoms with Gasteiger partial charge in [0.05, 0.1) is 23.5 Å². The first-order valence-corrected chi connectivity index (χ1v) is 22.9. The van der Waals surface area contributed by atoms with Crippen LogP contribution in [0.15, 0.2) is 72.9 Å². The van der Waals surface area contributed by atoms with Crippen molar-refractivity contribution in [3.8, 4) is 17.0 Å². The number of aryl methyl sites for hydroxylation is 1. The number of rotatable bonds is 9. The maximum absolute atomic E-state index is 16.6. The third-order valence-corrected chi connectivity index (χ3v) is 14.4. The summed E-state index contributed by atoms with van der Waals surface area (Å²) in [5.74, 6) is 0.446. The van der Waals surface area contributed by atoms with Crippen molar-refractivity contribution in [2.75, 3.05) is 74.5 Å². The minimum absolute atomic E-state index is 0.0847. The monoisotopic (exact) mass is 869 g/mol. The Kier molecular flexibility index (Phi) is 11.2. The van der Waals surface area contributed by atoms with Crippen LogP contribution >= 0.6 is 0 Å². The smallest absolute Gasteiger partial charge is 0.328 e. The van der Waals surface area contributed by atoms with Gasteiger partial charge in [-0.2, -0.15) is 0 Å². The molecule has 0 spiro atoms. The number of alkyl halides is 1. The number of urea groups is 1. The molecule has 4 aliphatic heterocycles. The lowest BCUT2D eigenvalue weighted by atomic mass is 9.87. The highest BCUT2D eigenvalue weighted by atomic mass is 19.1. The third-order valence-electron chi connectivity index (χ3n) is 14.4. The highest BCUT2D eigenvalue weighted by Crippen LogP contribution is 2.42. The Bertz CT molecular complexity index is 2600. The van der Waals surface area contributed by atoms with Crippen LogP contribution in [0, 0.1) is 6.92 Å². The van der Waals surface area contributed by atoms with Crippen LogP contribution < -0.4 is 20.9 Å². The number of benzene rings is 3. The summed E-state index contributed by atoms with van der Waals surface area (Å²) in [7, 11) is 0. The Morgan fingerprint density at radius 2 is 1.73 bits per heavy atom. The first-order valence-electron chi connectivity index (χ1n) is 22.9. The van der Waals surface area contributed by atoms with Crippen LogP contribution in [0.3, 0.4) is 0 Å². The molecule has 2 aromatic heterocycles. The van der Waals surface area contributed by atoms with Crippen molar-refractivity contribution in [2.45, 2.75) is 82.0 Å². The summed E-state index contributed by atoms with van der Waals surface area (Å²) in [5, 5.41) is 22.5. The number of imide groups is 1. The molecule has 5 aliphatic rings. The molecule has 4 saturated heterocycles. The van der Waals surface area contributed by atoms with Crippen molar-refractivity contribution >= 4 is 45.9 Å². The van der Waals surface area contributed by atoms with E-state index in [1.165, 1.54) is 17.4 Å². The van der Waals surface area contributed by atoms with Crippen molar-refractivity contribution in [1.29, 1.82) is 0 Å². The number of piperidine rings is 2. The number of likely N-dealkylation sites (tertiary alicyclic amines) is 2. The van der Waals surface area contributed by atoms with Gasteiger partial charge in [0.25, 0.3) is 5.91 Å². The number of phenolic OH excluding ortho intramolecular Hbond substituents is 1. The van der Waals surface area contributed by atoms with Gasteiger partial charge in [-0.15, -0.1) is 10.2 Å². The lowest BCUT2D eigenvalue weighted by Crippen LogP contribution is -2.51. The van der Waals surface area contributed by atoms with Crippen molar-refractivity contribution in [2.24, 2.45) is 0 Å². The first kappa shape index (κ1) is 41.9. The van der Waals surface area contributed by atoms with Crippen LogP contribution in [0.25, 0.3) is 22.2 Å². The summed E-state index contributed by atoms with van der Waals surface area (Å²) < 4.78 is 25.2. The number of morpholine rings is 1. The molecule has 0 bridgehead atoms. The molecular formula is C49H56FN9O5. The molecule has 10 rings (SSSR count). The summed E-state index contributed by atoms with van der Waals surface area (Å²) >= 11 is 0. The first-order chi connectivity index (χ1) is 31.0. The number of halogens is 1. The summed E-state index contributed by atoms with van der Waals surface area (Å²) in [6.07, 6.45) is 8.35. The van der Waals surface area contributed by atoms with Gasteiger partial charge in [-0.3, -0.25) is 19.8 Å². The number of nitrogens with two attached hydrogens (primary N) is 1. The van der Waals surface area contributed by atoms with E-state index in [1.54, 1.807) is 28.0 Å². The Hall–Kier alpha value is -6.06. The molecule has 1 aliphatic carbocycles. The zero-order valence-corrected chi connectivity index (χ0v) is 36.3. The molecule has 64 heavy (non-hydrogen) atoms. The number of hydrogen-bond donors (Lipinski definition) is 3. The summed E-state index contributed by atoms with van der Waals surface area (Å²) in [5.41, 5.74) is 12.6. The molecule has 0 radical (unpaired) electrons. The molecular weight excluding hydrogens is 814 g/mol. The van der Waals surface area contributed by atoms with E-state index in [1.807, 2.05) is 43.3 Å². The van der Waals surface area contributed by atoms with Crippen molar-refractivity contribution in [3.63, 3.8) is 0 Å². The van der Waals surface area contributed by atoms with Crippen LogP contribution in [0.1, 0.15) is 96.5 Å². The number of aromatic hydroxyl groups is 1. The van der Waals surface area contributed by atoms with Crippen LogP contribution in [-0.2, 0) is 9.53 Å². The second kappa shape index (κ2) is 17.1. The summed E-state index contributed by atoms with van der Waals surface area (Å²) in [6.45, 7) is 6.70. The Balaban J connectivity index is 0.741. The molecule has 0 unspecified atom stereocenters. The third kappa shape index (κ3) is 8.15. The van der Waals surface area contributed by atoms with Gasteiger partial charge in [-0.1, -0.05) is 24.3 Å². The SMILES string of the molecule is Cc1cc(C(=O)N2CCC(F)(CN3CCC(c4cn(C5CCC5)c5cc(N6CCC(=O)NC6=O)ccc45)CC3)CC2)ccc1[C@@H]1CN(c2cc(-c3ccccc3O)nnc2N)CCO1. The topological polar surface area (TPSA) is 162 Å². The van der Waals surface area contributed by atoms with Gasteiger partial charge in [0, 0.05) is 93.0 Å². The number of amides is 4. The number of carbonyl (C=O) groups excluding carboxylic acids is 3. The van der Waals surface area contributed by atoms with Crippen molar-refractivity contribution in [1.82, 2.24) is 29.9 Å². The van der Waals surface area contributed by atoms with Gasteiger partial charge in [-0.25, -0.2) is 9.18 Å². The van der Waals surface area contributed by atoms with Crippen LogP contribution in [0.5, 0.6) is 5.75 Å². The van der Waals surface area contributed by atoms with Gasteiger partial charge in [-0.05, 0) is 117 Å². The zero-order valence-electron chi connectivity index (χ0n) is 36.3. The maximum atomic E-state index is 16.6. The fourth-order valence-electron chi connectivity index (χ4n) is 10.5. The molecule has 6 heterocycles. The Morgan fingerprint density at radius 3 is 2.47 bits per heavy atom. The van der Waals surface area contributed by atoms with Crippen molar-refractivity contribution in [3.05, 3.63) is 95.2 Å². The fourth-order valence-corrected chi connectivity index (χ4v) is 10.5. The standard InChI is InChI=1S/C49H56FN9O5/c1-31-25-33(9-11-36(31)44-29-57(23-24-64-44)42-27-40(53-54-46(42)51)38-7-2-3-8-43(38)60)47(62)56-21-16-49(50,17-22-56)30-55-18-13-32(14-19-55)39-28-59(34-5-4-6-34)41-26-35(10-12-37(39)41)58-20-15-45(61)52-48(58)63/h2-3,7-12,25-28,32,34,44,60H,4-6,13-24,29-30H2,1H3,(H2,51,54)(H,52,61,63)/t44-/m0/s1. The summed E-state index contributed by atoms with van der Waals surface area (Å²) in [4.78, 5) is 46.1. The van der Waals surface area contributed by atoms with Gasteiger partial charge in [0.1, 0.15) is 17.5 Å². The quantitative estimate of drug-likeness (QED) is 0.137. The van der Waals surface area contributed by atoms with E-state index < -0.39 is 5.67 Å². The van der Waals surface area contributed by atoms with Crippen LogP contribution in [-0.4, -0.2) is 112 Å². The van der Waals surface area contributed by atoms with E-state index in [4.69, 9.17) is 10.5 Å². The molecule has 5 aromatic rings. The predicted molar refractivity (Wildman–Crippen MR) is 243 cm³/mol. The number of carbonyl (C=O) groups is 3. The molecule has 3 aromatic carbocycles. The number of fused-ring (bicyclic) bond motifs is 1. The number of para-hydroxylation sites is 1. The average Bonchev–Trinajstić information content (AvgIpc) is 3.64. The average molecular weight is 870 g/mol. The maximum Gasteiger partial charge on any atom is 0.328 e. The lowest BCUT2D eigenvalue weighted by molar-refractivity contribution is -0.120. The van der Waals surface area contributed by atoms with E-state index in [0.717, 1.165) is 66.8 Å². The minimum atomic E-state index is -1.36. The van der Waals surface area contributed by atoms with Crippen LogP contribution in [0.2, 0.25) is 0 Å². The lowest BCUT2D eigenvalue weighted by Gasteiger charge is -2.41. The van der Waals surface area contributed by atoms with E-state index in [9.17, 15) is 19.5 Å². The second-order valence-electron chi connectivity index (χ2n) is 18.4. The molecule has 1 saturated carbocycles. The number of nitrogen functional groups attached to an aromatic ring is 1. The molecule has 334 valence electrons. The number of aromatic nitrogens is 3. The highest BCUT2D eigenvalue weighted by Gasteiger charge is 2.39. The predicted octanol–water partition coefficient (Wildman–Crippen LogP) is 7.27. The van der Waals surface area contributed by atoms with E-state index in [2.05, 4.69) is 48.2 Å². The Labute approximate surface area is 372 Å². The minimum Gasteiger partial charge on any atom is -0.507 e. The van der Waals surface area contributed by atoms with Gasteiger partial charge >= 0.3 is 6.03 Å². The largest absolute Gasteiger partial charge is 0.507 e. The fraction of sp³-hybridized carbons (Fsp3) is 0.449. The number of hydrogen-bond acceptors (Lipinski definition) is 10. The molecule has 14 nitrogen and oxygen atoms in total. The Morgan fingerprint density at radius 1 is 0.938 bits per heavy atom.